The number of rotatable bonds is 6. The van der Waals surface area contributed by atoms with Crippen molar-refractivity contribution in [3.63, 3.8) is 0 Å². The third-order valence-electron chi connectivity index (χ3n) is 7.44. The highest BCUT2D eigenvalue weighted by molar-refractivity contribution is 6.42. The van der Waals surface area contributed by atoms with Gasteiger partial charge in [-0.2, -0.15) is 0 Å². The fourth-order valence-electron chi connectivity index (χ4n) is 5.06. The summed E-state index contributed by atoms with van der Waals surface area (Å²) in [4.78, 5) is 44.6. The Kier molecular flexibility index (Phi) is 8.09. The van der Waals surface area contributed by atoms with Crippen molar-refractivity contribution in [3.05, 3.63) is 64.1 Å². The van der Waals surface area contributed by atoms with Crippen molar-refractivity contribution in [2.45, 2.75) is 31.0 Å². The molecule has 2 heterocycles. The van der Waals surface area contributed by atoms with E-state index in [2.05, 4.69) is 15.5 Å². The fraction of sp³-hybridized carbons (Fsp3) is 0.444. The number of amides is 3. The van der Waals surface area contributed by atoms with Crippen molar-refractivity contribution < 1.29 is 19.1 Å². The molecule has 0 spiro atoms. The van der Waals surface area contributed by atoms with Crippen LogP contribution in [0.25, 0.3) is 0 Å². The van der Waals surface area contributed by atoms with E-state index in [1.54, 1.807) is 28.0 Å². The second kappa shape index (κ2) is 11.5. The lowest BCUT2D eigenvalue weighted by atomic mass is 10.1. The molecule has 2 saturated heterocycles. The molecule has 1 aliphatic carbocycles. The molecule has 3 fully saturated rings. The Hall–Kier alpha value is -2.85. The average molecular weight is 560 g/mol. The Bertz CT molecular complexity index is 1190. The maximum Gasteiger partial charge on any atom is 0.326 e. The molecule has 5 rings (SSSR count). The summed E-state index contributed by atoms with van der Waals surface area (Å²) in [7, 11) is 0. The molecule has 0 radical (unpaired) electrons. The Morgan fingerprint density at radius 1 is 0.947 bits per heavy atom. The number of halogens is 2. The van der Waals surface area contributed by atoms with Crippen LogP contribution in [0.3, 0.4) is 0 Å². The first-order chi connectivity index (χ1) is 18.4. The first kappa shape index (κ1) is 26.7. The molecule has 0 bridgehead atoms. The van der Waals surface area contributed by atoms with Crippen molar-refractivity contribution in [2.24, 2.45) is 0 Å². The van der Waals surface area contributed by atoms with Crippen LogP contribution in [0.2, 0.25) is 10.0 Å². The standard InChI is InChI=1S/C27H31Cl2N5O4/c28-21-7-6-20(16-22(21)29)31-26(37)33-14-12-32(13-15-33)24(35)23-17-34(11-10-30-23)27(8-9-27)25(36)38-18-19-4-2-1-3-5-19/h1-7,16,23,30H,8-15,17-18H2,(H,31,37). The molecule has 1 unspecified atom stereocenters. The minimum atomic E-state index is -0.628. The van der Waals surface area contributed by atoms with Crippen molar-refractivity contribution >= 4 is 46.8 Å². The molecule has 2 aromatic carbocycles. The summed E-state index contributed by atoms with van der Waals surface area (Å²) in [6, 6.07) is 13.9. The molecule has 9 nitrogen and oxygen atoms in total. The highest BCUT2D eigenvalue weighted by atomic mass is 35.5. The molecule has 2 aromatic rings. The van der Waals surface area contributed by atoms with Gasteiger partial charge in [-0.25, -0.2) is 4.79 Å². The van der Waals surface area contributed by atoms with Crippen LogP contribution in [0.1, 0.15) is 18.4 Å². The Labute approximate surface area is 232 Å². The van der Waals surface area contributed by atoms with E-state index in [0.717, 1.165) is 18.4 Å². The van der Waals surface area contributed by atoms with E-state index < -0.39 is 11.6 Å². The molecule has 1 saturated carbocycles. The summed E-state index contributed by atoms with van der Waals surface area (Å²) < 4.78 is 5.66. The summed E-state index contributed by atoms with van der Waals surface area (Å²) in [5.74, 6) is -0.219. The van der Waals surface area contributed by atoms with E-state index in [-0.39, 0.29) is 24.5 Å². The maximum atomic E-state index is 13.3. The van der Waals surface area contributed by atoms with E-state index in [1.165, 1.54) is 0 Å². The van der Waals surface area contributed by atoms with Crippen LogP contribution in [0.4, 0.5) is 10.5 Å². The number of hydrogen-bond acceptors (Lipinski definition) is 6. The number of esters is 1. The van der Waals surface area contributed by atoms with Gasteiger partial charge in [-0.3, -0.25) is 14.5 Å². The lowest BCUT2D eigenvalue weighted by Gasteiger charge is -2.41. The Morgan fingerprint density at radius 2 is 1.66 bits per heavy atom. The number of ether oxygens (including phenoxy) is 1. The number of piperazine rings is 2. The van der Waals surface area contributed by atoms with Crippen molar-refractivity contribution in [2.75, 3.05) is 51.1 Å². The second-order valence-electron chi connectivity index (χ2n) is 9.92. The van der Waals surface area contributed by atoms with Gasteiger partial charge in [-0.1, -0.05) is 53.5 Å². The SMILES string of the molecule is O=C(Nc1ccc(Cl)c(Cl)c1)N1CCN(C(=O)C2CN(C3(C(=O)OCc4ccccc4)CC3)CCN2)CC1. The van der Waals surface area contributed by atoms with Crippen molar-refractivity contribution in [1.29, 1.82) is 0 Å². The molecule has 38 heavy (non-hydrogen) atoms. The zero-order chi connectivity index (χ0) is 26.7. The predicted octanol–water partition coefficient (Wildman–Crippen LogP) is 3.22. The van der Waals surface area contributed by atoms with E-state index in [0.29, 0.717) is 61.5 Å². The molecular weight excluding hydrogens is 529 g/mol. The van der Waals surface area contributed by atoms with Gasteiger partial charge in [0.1, 0.15) is 12.1 Å². The van der Waals surface area contributed by atoms with Crippen molar-refractivity contribution in [1.82, 2.24) is 20.0 Å². The van der Waals surface area contributed by atoms with E-state index in [4.69, 9.17) is 27.9 Å². The summed E-state index contributed by atoms with van der Waals surface area (Å²) in [6.45, 7) is 3.74. The smallest absolute Gasteiger partial charge is 0.326 e. The number of anilines is 1. The molecule has 2 aliphatic heterocycles. The summed E-state index contributed by atoms with van der Waals surface area (Å²) >= 11 is 12.0. The summed E-state index contributed by atoms with van der Waals surface area (Å²) in [6.07, 6.45) is 1.49. The number of nitrogens with one attached hydrogen (secondary N) is 2. The molecule has 3 aliphatic rings. The van der Waals surface area contributed by atoms with Crippen LogP contribution in [-0.4, -0.2) is 90.0 Å². The van der Waals surface area contributed by atoms with Gasteiger partial charge in [-0.15, -0.1) is 0 Å². The summed E-state index contributed by atoms with van der Waals surface area (Å²) in [5.41, 5.74) is 0.886. The minimum Gasteiger partial charge on any atom is -0.459 e. The molecule has 11 heteroatoms. The van der Waals surface area contributed by atoms with E-state index >= 15 is 0 Å². The third kappa shape index (κ3) is 5.91. The van der Waals surface area contributed by atoms with Gasteiger partial charge in [0.2, 0.25) is 5.91 Å². The van der Waals surface area contributed by atoms with Gasteiger partial charge >= 0.3 is 12.0 Å². The lowest BCUT2D eigenvalue weighted by molar-refractivity contribution is -0.155. The van der Waals surface area contributed by atoms with E-state index in [1.807, 2.05) is 30.3 Å². The lowest BCUT2D eigenvalue weighted by Crippen LogP contribution is -2.63. The monoisotopic (exact) mass is 559 g/mol. The molecule has 1 atom stereocenters. The zero-order valence-corrected chi connectivity index (χ0v) is 22.5. The Morgan fingerprint density at radius 3 is 2.34 bits per heavy atom. The minimum absolute atomic E-state index is 0.00676. The zero-order valence-electron chi connectivity index (χ0n) is 21.0. The number of benzene rings is 2. The number of hydrogen-bond donors (Lipinski definition) is 2. The predicted molar refractivity (Wildman–Crippen MR) is 145 cm³/mol. The maximum absolute atomic E-state index is 13.3. The molecule has 2 N–H and O–H groups in total. The quantitative estimate of drug-likeness (QED) is 0.528. The number of carbonyl (C=O) groups excluding carboxylic acids is 3. The first-order valence-corrected chi connectivity index (χ1v) is 13.6. The topological polar surface area (TPSA) is 94.2 Å². The fourth-order valence-corrected chi connectivity index (χ4v) is 5.35. The van der Waals surface area contributed by atoms with Gasteiger partial charge < -0.3 is 25.2 Å². The second-order valence-corrected chi connectivity index (χ2v) is 10.7. The largest absolute Gasteiger partial charge is 0.459 e. The van der Waals surface area contributed by atoms with Gasteiger partial charge in [0.25, 0.3) is 0 Å². The normalized spacial score (nSPS) is 21.1. The van der Waals surface area contributed by atoms with Gasteiger partial charge in [0, 0.05) is 51.5 Å². The highest BCUT2D eigenvalue weighted by Crippen LogP contribution is 2.43. The van der Waals surface area contributed by atoms with Crippen LogP contribution in [0.15, 0.2) is 48.5 Å². The van der Waals surface area contributed by atoms with Crippen LogP contribution in [0.5, 0.6) is 0 Å². The molecule has 202 valence electrons. The highest BCUT2D eigenvalue weighted by Gasteiger charge is 2.57. The van der Waals surface area contributed by atoms with Crippen LogP contribution in [0, 0.1) is 0 Å². The van der Waals surface area contributed by atoms with Gasteiger partial charge in [0.05, 0.1) is 16.1 Å². The molecular formula is C27H31Cl2N5O4. The first-order valence-electron chi connectivity index (χ1n) is 12.8. The van der Waals surface area contributed by atoms with Crippen LogP contribution >= 0.6 is 23.2 Å². The third-order valence-corrected chi connectivity index (χ3v) is 8.18. The van der Waals surface area contributed by atoms with E-state index in [9.17, 15) is 14.4 Å². The number of nitrogens with zero attached hydrogens (tertiary/aromatic N) is 3. The van der Waals surface area contributed by atoms with Gasteiger partial charge in [-0.05, 0) is 36.6 Å². The van der Waals surface area contributed by atoms with Crippen molar-refractivity contribution in [3.8, 4) is 0 Å². The van der Waals surface area contributed by atoms with Crippen LogP contribution in [-0.2, 0) is 20.9 Å². The number of carbonyl (C=O) groups is 3. The van der Waals surface area contributed by atoms with Gasteiger partial charge in [0.15, 0.2) is 0 Å². The Balaban J connectivity index is 1.11. The summed E-state index contributed by atoms with van der Waals surface area (Å²) in [5, 5.41) is 6.93. The van der Waals surface area contributed by atoms with Crippen LogP contribution < -0.4 is 10.6 Å². The number of urea groups is 1. The average Bonchev–Trinajstić information content (AvgIpc) is 3.76. The molecule has 0 aromatic heterocycles. The molecule has 3 amide bonds.